The monoisotopic (exact) mass is 387 g/mol. The van der Waals surface area contributed by atoms with Crippen molar-refractivity contribution >= 4 is 28.8 Å². The highest BCUT2D eigenvalue weighted by atomic mass is 16.6. The number of hydrogen-bond donors (Lipinski definition) is 1. The van der Waals surface area contributed by atoms with Gasteiger partial charge in [0.25, 0.3) is 17.3 Å². The van der Waals surface area contributed by atoms with Crippen molar-refractivity contribution in [1.82, 2.24) is 4.98 Å². The molecule has 10 heteroatoms. The molecule has 0 saturated heterocycles. The lowest BCUT2D eigenvalue weighted by molar-refractivity contribution is -0.394. The minimum Gasteiger partial charge on any atom is -0.357 e. The van der Waals surface area contributed by atoms with Crippen molar-refractivity contribution in [2.24, 2.45) is 0 Å². The second kappa shape index (κ2) is 9.40. The summed E-state index contributed by atoms with van der Waals surface area (Å²) in [6.07, 6.45) is 3.44. The summed E-state index contributed by atoms with van der Waals surface area (Å²) in [6, 6.07) is 6.24. The molecule has 0 radical (unpaired) electrons. The molecule has 10 nitrogen and oxygen atoms in total. The van der Waals surface area contributed by atoms with Gasteiger partial charge in [0.15, 0.2) is 0 Å². The molecule has 0 atom stereocenters. The van der Waals surface area contributed by atoms with Gasteiger partial charge in [0.1, 0.15) is 5.82 Å². The van der Waals surface area contributed by atoms with Gasteiger partial charge in [0.2, 0.25) is 0 Å². The van der Waals surface area contributed by atoms with Gasteiger partial charge in [-0.15, -0.1) is 0 Å². The molecule has 1 aromatic heterocycles. The Bertz CT molecular complexity index is 831. The van der Waals surface area contributed by atoms with Crippen LogP contribution in [0.2, 0.25) is 0 Å². The number of pyridine rings is 1. The van der Waals surface area contributed by atoms with Gasteiger partial charge >= 0.3 is 0 Å². The third-order valence-electron chi connectivity index (χ3n) is 3.90. The fourth-order valence-electron chi connectivity index (χ4n) is 2.67. The molecule has 28 heavy (non-hydrogen) atoms. The molecule has 1 aromatic carbocycles. The van der Waals surface area contributed by atoms with E-state index < -0.39 is 27.1 Å². The van der Waals surface area contributed by atoms with Crippen LogP contribution in [-0.2, 0) is 0 Å². The van der Waals surface area contributed by atoms with Gasteiger partial charge in [-0.1, -0.05) is 13.8 Å². The van der Waals surface area contributed by atoms with E-state index >= 15 is 0 Å². The maximum atomic E-state index is 12.4. The number of nitro groups is 2. The number of benzene rings is 1. The van der Waals surface area contributed by atoms with Crippen LogP contribution in [0.15, 0.2) is 36.5 Å². The fraction of sp³-hybridized carbons (Fsp3) is 0.333. The number of nitro benzene ring substituents is 2. The van der Waals surface area contributed by atoms with Crippen LogP contribution < -0.4 is 10.2 Å². The minimum absolute atomic E-state index is 0.177. The quantitative estimate of drug-likeness (QED) is 0.511. The van der Waals surface area contributed by atoms with Crippen molar-refractivity contribution in [3.05, 3.63) is 62.3 Å². The summed E-state index contributed by atoms with van der Waals surface area (Å²) in [6.45, 7) is 5.89. The summed E-state index contributed by atoms with van der Waals surface area (Å²) < 4.78 is 0. The standard InChI is InChI=1S/C18H21N5O5/c1-3-7-21(8-4-2)17-6-5-14(12-19-17)20-18(24)13-9-15(22(25)26)11-16(10-13)23(27)28/h5-6,9-12H,3-4,7-8H2,1-2H3,(H,20,24). The topological polar surface area (TPSA) is 132 Å². The normalized spacial score (nSPS) is 10.4. The van der Waals surface area contributed by atoms with Crippen LogP contribution in [0.3, 0.4) is 0 Å². The molecule has 0 fully saturated rings. The summed E-state index contributed by atoms with van der Waals surface area (Å²) in [5.41, 5.74) is -0.843. The number of nitrogens with zero attached hydrogens (tertiary/aromatic N) is 4. The largest absolute Gasteiger partial charge is 0.357 e. The van der Waals surface area contributed by atoms with Crippen molar-refractivity contribution in [3.63, 3.8) is 0 Å². The molecule has 2 aromatic rings. The zero-order chi connectivity index (χ0) is 20.7. The second-order valence-electron chi connectivity index (χ2n) is 6.10. The number of carbonyl (C=O) groups is 1. The summed E-state index contributed by atoms with van der Waals surface area (Å²) in [5, 5.41) is 24.5. The summed E-state index contributed by atoms with van der Waals surface area (Å²) in [4.78, 5) is 39.2. The molecule has 0 bridgehead atoms. The number of hydrogen-bond acceptors (Lipinski definition) is 7. The van der Waals surface area contributed by atoms with E-state index in [0.717, 1.165) is 49.9 Å². The maximum absolute atomic E-state index is 12.4. The molecule has 2 rings (SSSR count). The Morgan fingerprint density at radius 2 is 1.61 bits per heavy atom. The van der Waals surface area contributed by atoms with Crippen molar-refractivity contribution < 1.29 is 14.6 Å². The Labute approximate surface area is 161 Å². The second-order valence-corrected chi connectivity index (χ2v) is 6.10. The highest BCUT2D eigenvalue weighted by Crippen LogP contribution is 2.23. The van der Waals surface area contributed by atoms with Gasteiger partial charge in [-0.05, 0) is 25.0 Å². The Kier molecular flexibility index (Phi) is 6.96. The van der Waals surface area contributed by atoms with E-state index in [1.54, 1.807) is 12.1 Å². The number of aromatic nitrogens is 1. The van der Waals surface area contributed by atoms with Crippen molar-refractivity contribution in [3.8, 4) is 0 Å². The molecule has 0 unspecified atom stereocenters. The van der Waals surface area contributed by atoms with E-state index in [9.17, 15) is 25.0 Å². The highest BCUT2D eigenvalue weighted by Gasteiger charge is 2.20. The Hall–Kier alpha value is -3.56. The molecule has 148 valence electrons. The van der Waals surface area contributed by atoms with Crippen LogP contribution in [0.25, 0.3) is 0 Å². The lowest BCUT2D eigenvalue weighted by Crippen LogP contribution is -2.25. The molecule has 0 spiro atoms. The van der Waals surface area contributed by atoms with Gasteiger partial charge in [0.05, 0.1) is 33.4 Å². The molecular formula is C18H21N5O5. The smallest absolute Gasteiger partial charge is 0.277 e. The van der Waals surface area contributed by atoms with E-state index in [-0.39, 0.29) is 5.56 Å². The first-order valence-electron chi connectivity index (χ1n) is 8.82. The predicted octanol–water partition coefficient (Wildman–Crippen LogP) is 3.78. The number of rotatable bonds is 9. The Morgan fingerprint density at radius 1 is 1.04 bits per heavy atom. The Balaban J connectivity index is 2.20. The van der Waals surface area contributed by atoms with E-state index in [1.165, 1.54) is 6.20 Å². The zero-order valence-electron chi connectivity index (χ0n) is 15.6. The van der Waals surface area contributed by atoms with Crippen LogP contribution in [-0.4, -0.2) is 33.8 Å². The molecule has 0 aliphatic rings. The number of anilines is 2. The summed E-state index contributed by atoms with van der Waals surface area (Å²) >= 11 is 0. The van der Waals surface area contributed by atoms with E-state index in [1.807, 2.05) is 0 Å². The lowest BCUT2D eigenvalue weighted by Gasteiger charge is -2.22. The molecular weight excluding hydrogens is 366 g/mol. The van der Waals surface area contributed by atoms with Crippen molar-refractivity contribution in [2.45, 2.75) is 26.7 Å². The summed E-state index contributed by atoms with van der Waals surface area (Å²) in [7, 11) is 0. The third kappa shape index (κ3) is 5.22. The maximum Gasteiger partial charge on any atom is 0.277 e. The van der Waals surface area contributed by atoms with Gasteiger partial charge in [0, 0.05) is 25.2 Å². The minimum atomic E-state index is -0.782. The molecule has 1 heterocycles. The van der Waals surface area contributed by atoms with Crippen LogP contribution in [0.5, 0.6) is 0 Å². The number of carbonyl (C=O) groups excluding carboxylic acids is 1. The van der Waals surface area contributed by atoms with E-state index in [2.05, 4.69) is 29.0 Å². The lowest BCUT2D eigenvalue weighted by atomic mass is 10.1. The predicted molar refractivity (Wildman–Crippen MR) is 105 cm³/mol. The van der Waals surface area contributed by atoms with Gasteiger partial charge in [-0.3, -0.25) is 25.0 Å². The average molecular weight is 387 g/mol. The Morgan fingerprint density at radius 3 is 2.04 bits per heavy atom. The third-order valence-corrected chi connectivity index (χ3v) is 3.90. The first-order chi connectivity index (χ1) is 13.3. The van der Waals surface area contributed by atoms with Gasteiger partial charge < -0.3 is 10.2 Å². The molecule has 1 N–H and O–H groups in total. The number of non-ortho nitro benzene ring substituents is 2. The zero-order valence-corrected chi connectivity index (χ0v) is 15.6. The first-order valence-corrected chi connectivity index (χ1v) is 8.82. The van der Waals surface area contributed by atoms with Crippen LogP contribution in [0.4, 0.5) is 22.9 Å². The van der Waals surface area contributed by atoms with E-state index in [4.69, 9.17) is 0 Å². The molecule has 0 aliphatic carbocycles. The van der Waals surface area contributed by atoms with Crippen molar-refractivity contribution in [1.29, 1.82) is 0 Å². The average Bonchev–Trinajstić information content (AvgIpc) is 2.68. The number of nitrogens with one attached hydrogen (secondary N) is 1. The van der Waals surface area contributed by atoms with Gasteiger partial charge in [-0.25, -0.2) is 4.98 Å². The SMILES string of the molecule is CCCN(CCC)c1ccc(NC(=O)c2cc([N+](=O)[O-])cc([N+](=O)[O-])c2)cn1. The fourth-order valence-corrected chi connectivity index (χ4v) is 2.67. The van der Waals surface area contributed by atoms with Crippen LogP contribution in [0, 0.1) is 20.2 Å². The van der Waals surface area contributed by atoms with Crippen molar-refractivity contribution in [2.75, 3.05) is 23.3 Å². The van der Waals surface area contributed by atoms with Crippen LogP contribution >= 0.6 is 0 Å². The summed E-state index contributed by atoms with van der Waals surface area (Å²) in [5.74, 6) is 0.0907. The number of amides is 1. The molecule has 0 saturated carbocycles. The highest BCUT2D eigenvalue weighted by molar-refractivity contribution is 6.05. The van der Waals surface area contributed by atoms with Crippen LogP contribution in [0.1, 0.15) is 37.0 Å². The molecule has 0 aliphatic heterocycles. The van der Waals surface area contributed by atoms with Gasteiger partial charge in [-0.2, -0.15) is 0 Å². The molecule has 1 amide bonds. The first kappa shape index (κ1) is 20.7. The van der Waals surface area contributed by atoms with E-state index in [0.29, 0.717) is 5.69 Å².